The molecular formula is C16H15FN2O2. The SMILES string of the molecule is Cc1ccc2c(c1)C(Nc1ccc([N+](=O)[O-])cc1F)CC2. The molecule has 4 nitrogen and oxygen atoms in total. The average molecular weight is 286 g/mol. The lowest BCUT2D eigenvalue weighted by Gasteiger charge is -2.16. The molecule has 0 fully saturated rings. The van der Waals surface area contributed by atoms with E-state index in [9.17, 15) is 14.5 Å². The third kappa shape index (κ3) is 2.59. The lowest BCUT2D eigenvalue weighted by atomic mass is 10.0. The van der Waals surface area contributed by atoms with Gasteiger partial charge in [-0.1, -0.05) is 23.8 Å². The van der Waals surface area contributed by atoms with Gasteiger partial charge in [-0.25, -0.2) is 4.39 Å². The second-order valence-corrected chi connectivity index (χ2v) is 5.36. The summed E-state index contributed by atoms with van der Waals surface area (Å²) in [5.41, 5.74) is 3.71. The van der Waals surface area contributed by atoms with Crippen LogP contribution >= 0.6 is 0 Å². The largest absolute Gasteiger partial charge is 0.376 e. The van der Waals surface area contributed by atoms with Crippen LogP contribution in [0.2, 0.25) is 0 Å². The molecule has 0 spiro atoms. The minimum atomic E-state index is -0.596. The monoisotopic (exact) mass is 286 g/mol. The topological polar surface area (TPSA) is 55.2 Å². The van der Waals surface area contributed by atoms with E-state index in [4.69, 9.17) is 0 Å². The number of hydrogen-bond acceptors (Lipinski definition) is 3. The summed E-state index contributed by atoms with van der Waals surface area (Å²) in [6.07, 6.45) is 1.86. The van der Waals surface area contributed by atoms with Gasteiger partial charge in [0.2, 0.25) is 0 Å². The first-order chi connectivity index (χ1) is 10.0. The maximum atomic E-state index is 14.0. The molecule has 0 amide bonds. The van der Waals surface area contributed by atoms with Crippen LogP contribution in [0.5, 0.6) is 0 Å². The van der Waals surface area contributed by atoms with Crippen molar-refractivity contribution in [3.63, 3.8) is 0 Å². The van der Waals surface area contributed by atoms with Gasteiger partial charge in [-0.2, -0.15) is 0 Å². The van der Waals surface area contributed by atoms with Gasteiger partial charge in [-0.05, 0) is 37.0 Å². The summed E-state index contributed by atoms with van der Waals surface area (Å²) in [7, 11) is 0. The van der Waals surface area contributed by atoms with E-state index in [1.165, 1.54) is 28.8 Å². The Bertz CT molecular complexity index is 715. The molecule has 5 heteroatoms. The summed E-state index contributed by atoms with van der Waals surface area (Å²) < 4.78 is 14.0. The van der Waals surface area contributed by atoms with E-state index in [2.05, 4.69) is 23.5 Å². The summed E-state index contributed by atoms with van der Waals surface area (Å²) in [5, 5.41) is 13.8. The molecule has 2 aromatic carbocycles. The zero-order chi connectivity index (χ0) is 15.0. The fraction of sp³-hybridized carbons (Fsp3) is 0.250. The summed E-state index contributed by atoms with van der Waals surface area (Å²) in [6, 6.07) is 10.1. The van der Waals surface area contributed by atoms with Crippen molar-refractivity contribution in [3.8, 4) is 0 Å². The smallest absolute Gasteiger partial charge is 0.272 e. The first-order valence-electron chi connectivity index (χ1n) is 6.84. The van der Waals surface area contributed by atoms with Gasteiger partial charge in [-0.15, -0.1) is 0 Å². The Morgan fingerprint density at radius 1 is 1.29 bits per heavy atom. The minimum absolute atomic E-state index is 0.0517. The molecule has 108 valence electrons. The van der Waals surface area contributed by atoms with Crippen LogP contribution in [-0.2, 0) is 6.42 Å². The van der Waals surface area contributed by atoms with E-state index in [1.54, 1.807) is 0 Å². The number of fused-ring (bicyclic) bond motifs is 1. The molecule has 0 aromatic heterocycles. The van der Waals surface area contributed by atoms with Gasteiger partial charge in [0.25, 0.3) is 5.69 Å². The highest BCUT2D eigenvalue weighted by Gasteiger charge is 2.23. The number of aryl methyl sites for hydroxylation is 2. The van der Waals surface area contributed by atoms with Crippen molar-refractivity contribution in [2.24, 2.45) is 0 Å². The predicted molar refractivity (Wildman–Crippen MR) is 78.9 cm³/mol. The molecule has 0 saturated heterocycles. The summed E-state index contributed by atoms with van der Waals surface area (Å²) in [6.45, 7) is 2.03. The van der Waals surface area contributed by atoms with Gasteiger partial charge in [-0.3, -0.25) is 10.1 Å². The molecule has 0 bridgehead atoms. The molecule has 0 saturated carbocycles. The van der Waals surface area contributed by atoms with Gasteiger partial charge in [0.1, 0.15) is 0 Å². The molecule has 0 aliphatic heterocycles. The van der Waals surface area contributed by atoms with Gasteiger partial charge in [0.15, 0.2) is 5.82 Å². The van der Waals surface area contributed by atoms with Crippen molar-refractivity contribution in [3.05, 3.63) is 69.0 Å². The van der Waals surface area contributed by atoms with Crippen LogP contribution < -0.4 is 5.32 Å². The van der Waals surface area contributed by atoms with Crippen LogP contribution in [0.25, 0.3) is 0 Å². The first-order valence-corrected chi connectivity index (χ1v) is 6.84. The number of hydrogen-bond donors (Lipinski definition) is 1. The van der Waals surface area contributed by atoms with Gasteiger partial charge < -0.3 is 5.32 Å². The van der Waals surface area contributed by atoms with E-state index in [-0.39, 0.29) is 11.7 Å². The van der Waals surface area contributed by atoms with E-state index in [1.807, 2.05) is 6.92 Å². The van der Waals surface area contributed by atoms with Crippen molar-refractivity contribution in [1.29, 1.82) is 0 Å². The molecular weight excluding hydrogens is 271 g/mol. The molecule has 21 heavy (non-hydrogen) atoms. The third-order valence-corrected chi connectivity index (χ3v) is 3.87. The zero-order valence-corrected chi connectivity index (χ0v) is 11.6. The van der Waals surface area contributed by atoms with E-state index in [0.29, 0.717) is 5.69 Å². The third-order valence-electron chi connectivity index (χ3n) is 3.87. The first kappa shape index (κ1) is 13.5. The van der Waals surface area contributed by atoms with Crippen LogP contribution in [0, 0.1) is 22.9 Å². The van der Waals surface area contributed by atoms with E-state index >= 15 is 0 Å². The quantitative estimate of drug-likeness (QED) is 0.681. The Morgan fingerprint density at radius 2 is 2.10 bits per heavy atom. The number of nitrogens with zero attached hydrogens (tertiary/aromatic N) is 1. The zero-order valence-electron chi connectivity index (χ0n) is 11.6. The highest BCUT2D eigenvalue weighted by Crippen LogP contribution is 2.35. The molecule has 1 N–H and O–H groups in total. The fourth-order valence-electron chi connectivity index (χ4n) is 2.79. The fourth-order valence-corrected chi connectivity index (χ4v) is 2.79. The standard InChI is InChI=1S/C16H15FN2O2/c1-10-2-3-11-4-6-15(13(11)8-10)18-16-7-5-12(19(20)21)9-14(16)17/h2-3,5,7-9,15,18H,4,6H2,1H3. The van der Waals surface area contributed by atoms with Crippen LogP contribution in [0.15, 0.2) is 36.4 Å². The van der Waals surface area contributed by atoms with Crippen LogP contribution in [0.3, 0.4) is 0 Å². The van der Waals surface area contributed by atoms with Crippen LogP contribution in [-0.4, -0.2) is 4.92 Å². The Labute approximate surface area is 121 Å². The maximum absolute atomic E-state index is 14.0. The van der Waals surface area contributed by atoms with Crippen molar-refractivity contribution >= 4 is 11.4 Å². The molecule has 0 radical (unpaired) electrons. The Hall–Kier alpha value is -2.43. The molecule has 0 heterocycles. The number of non-ortho nitro benzene ring substituents is 1. The maximum Gasteiger partial charge on any atom is 0.272 e. The average Bonchev–Trinajstić information content (AvgIpc) is 2.83. The molecule has 2 aromatic rings. The summed E-state index contributed by atoms with van der Waals surface area (Å²) >= 11 is 0. The molecule has 3 rings (SSSR count). The Kier molecular flexibility index (Phi) is 3.33. The van der Waals surface area contributed by atoms with E-state index in [0.717, 1.165) is 18.9 Å². The molecule has 1 aliphatic rings. The molecule has 1 atom stereocenters. The summed E-state index contributed by atoms with van der Waals surface area (Å²) in [4.78, 5) is 10.0. The number of nitrogens with one attached hydrogen (secondary N) is 1. The second-order valence-electron chi connectivity index (χ2n) is 5.36. The second kappa shape index (κ2) is 5.16. The van der Waals surface area contributed by atoms with Gasteiger partial charge in [0, 0.05) is 6.07 Å². The van der Waals surface area contributed by atoms with Crippen molar-refractivity contribution in [1.82, 2.24) is 0 Å². The lowest BCUT2D eigenvalue weighted by molar-refractivity contribution is -0.385. The number of halogens is 1. The summed E-state index contributed by atoms with van der Waals surface area (Å²) in [5.74, 6) is -0.592. The van der Waals surface area contributed by atoms with Crippen molar-refractivity contribution in [2.75, 3.05) is 5.32 Å². The molecule has 1 aliphatic carbocycles. The minimum Gasteiger partial charge on any atom is -0.376 e. The number of anilines is 1. The van der Waals surface area contributed by atoms with Crippen LogP contribution in [0.4, 0.5) is 15.8 Å². The highest BCUT2D eigenvalue weighted by atomic mass is 19.1. The Morgan fingerprint density at radius 3 is 2.81 bits per heavy atom. The van der Waals surface area contributed by atoms with E-state index < -0.39 is 10.7 Å². The number of benzene rings is 2. The van der Waals surface area contributed by atoms with Crippen molar-refractivity contribution < 1.29 is 9.31 Å². The normalized spacial score (nSPS) is 16.6. The number of nitro benzene ring substituents is 1. The number of nitro groups is 1. The lowest BCUT2D eigenvalue weighted by Crippen LogP contribution is -2.08. The van der Waals surface area contributed by atoms with Gasteiger partial charge >= 0.3 is 0 Å². The van der Waals surface area contributed by atoms with Crippen molar-refractivity contribution in [2.45, 2.75) is 25.8 Å². The Balaban J connectivity index is 1.86. The van der Waals surface area contributed by atoms with Crippen LogP contribution in [0.1, 0.15) is 29.2 Å². The highest BCUT2D eigenvalue weighted by molar-refractivity contribution is 5.53. The van der Waals surface area contributed by atoms with Gasteiger partial charge in [0.05, 0.1) is 22.7 Å². The molecule has 1 unspecified atom stereocenters. The number of rotatable bonds is 3. The predicted octanol–water partition coefficient (Wildman–Crippen LogP) is 4.14.